The third kappa shape index (κ3) is 8.36. The smallest absolute Gasteiger partial charge is 0.323 e. The van der Waals surface area contributed by atoms with Crippen LogP contribution in [-0.4, -0.2) is 39.6 Å². The quantitative estimate of drug-likeness (QED) is 0.116. The number of pyridine rings is 3. The van der Waals surface area contributed by atoms with Crippen molar-refractivity contribution in [3.05, 3.63) is 172 Å². The molecule has 18 bridgehead atoms. The van der Waals surface area contributed by atoms with Crippen molar-refractivity contribution in [3.63, 3.8) is 0 Å². The van der Waals surface area contributed by atoms with E-state index in [9.17, 15) is 10.5 Å². The molecule has 11 heterocycles. The number of nitrogens with one attached hydrogen (secondary N) is 1. The largest absolute Gasteiger partial charge is 0.363 e. The summed E-state index contributed by atoms with van der Waals surface area (Å²) in [6.45, 7) is 12.6. The molecule has 0 amide bonds. The van der Waals surface area contributed by atoms with Gasteiger partial charge in [0, 0.05) is 48.1 Å². The molecule has 77 heavy (non-hydrogen) atoms. The Morgan fingerprint density at radius 3 is 1.91 bits per heavy atom. The van der Waals surface area contributed by atoms with Gasteiger partial charge in [-0.1, -0.05) is 30.7 Å². The molecule has 8 aliphatic rings. The summed E-state index contributed by atoms with van der Waals surface area (Å²) in [4.78, 5) is 35.7. The SMILES string of the molecule is [C-]#[N+]c1ccc2c3c1O[n+]1ccc4cc1N3CN2CCCc1ccc2cc1CCCN1CNc3c1ccc(C#N)c3O[n+]1cccc(c1)CCCC(CCc1cc[n+]3c(c1)N1CN(CCC2)c2ccc(C#N)c(c21)O3)CC4. The first-order valence-corrected chi connectivity index (χ1v) is 27.4. The van der Waals surface area contributed by atoms with Gasteiger partial charge in [-0.25, -0.2) is 19.5 Å². The van der Waals surface area contributed by atoms with Gasteiger partial charge in [-0.2, -0.15) is 10.5 Å². The van der Waals surface area contributed by atoms with Gasteiger partial charge in [-0.3, -0.25) is 4.84 Å². The van der Waals surface area contributed by atoms with Gasteiger partial charge >= 0.3 is 11.6 Å². The van der Waals surface area contributed by atoms with Gasteiger partial charge in [0.25, 0.3) is 0 Å². The third-order valence-corrected chi connectivity index (χ3v) is 16.9. The monoisotopic (exact) mass is 1020 g/mol. The van der Waals surface area contributed by atoms with E-state index in [1.165, 1.54) is 33.4 Å². The van der Waals surface area contributed by atoms with Crippen molar-refractivity contribution in [3.8, 4) is 29.4 Å². The second-order valence-electron chi connectivity index (χ2n) is 21.6. The zero-order valence-corrected chi connectivity index (χ0v) is 43.1. The number of fused-ring (bicyclic) bond motifs is 6. The fraction of sp³-hybridized carbons (Fsp3) is 0.323. The maximum absolute atomic E-state index is 10.3. The van der Waals surface area contributed by atoms with E-state index >= 15 is 0 Å². The Balaban J connectivity index is 0.856. The number of nitriles is 2. The third-order valence-electron chi connectivity index (χ3n) is 16.9. The highest BCUT2D eigenvalue weighted by molar-refractivity contribution is 5.92. The van der Waals surface area contributed by atoms with Gasteiger partial charge in [0.15, 0.2) is 19.0 Å². The zero-order valence-electron chi connectivity index (χ0n) is 43.1. The first-order chi connectivity index (χ1) is 38.0. The molecule has 0 aliphatic carbocycles. The van der Waals surface area contributed by atoms with Gasteiger partial charge < -0.3 is 24.9 Å². The fourth-order valence-corrected chi connectivity index (χ4v) is 12.9. The second-order valence-corrected chi connectivity index (χ2v) is 21.6. The van der Waals surface area contributed by atoms with E-state index in [0.717, 1.165) is 149 Å². The number of nitrogens with zero attached hydrogens (tertiary/aromatic N) is 11. The molecule has 0 radical (unpaired) electrons. The maximum atomic E-state index is 10.3. The van der Waals surface area contributed by atoms with Crippen LogP contribution in [0.15, 0.2) is 116 Å². The van der Waals surface area contributed by atoms with Crippen molar-refractivity contribution in [1.82, 2.24) is 0 Å². The highest BCUT2D eigenvalue weighted by atomic mass is 16.7. The highest BCUT2D eigenvalue weighted by Crippen LogP contribution is 2.53. The summed E-state index contributed by atoms with van der Waals surface area (Å²) in [5, 5.41) is 24.2. The molecule has 1 atom stereocenters. The molecule has 4 aromatic carbocycles. The normalized spacial score (nSPS) is 18.0. The number of benzene rings is 4. The molecule has 1 unspecified atom stereocenters. The Kier molecular flexibility index (Phi) is 11.7. The van der Waals surface area contributed by atoms with E-state index in [1.54, 1.807) is 4.73 Å². The Hall–Kier alpha value is -9.00. The first-order valence-electron chi connectivity index (χ1n) is 27.4. The number of aromatic nitrogens is 3. The molecule has 0 saturated heterocycles. The van der Waals surface area contributed by atoms with Crippen molar-refractivity contribution in [2.45, 2.75) is 83.5 Å². The van der Waals surface area contributed by atoms with E-state index in [4.69, 9.17) is 21.1 Å². The lowest BCUT2D eigenvalue weighted by Crippen LogP contribution is -2.48. The van der Waals surface area contributed by atoms with Crippen LogP contribution in [0.2, 0.25) is 0 Å². The van der Waals surface area contributed by atoms with Crippen molar-refractivity contribution in [1.29, 1.82) is 10.5 Å². The highest BCUT2D eigenvalue weighted by Gasteiger charge is 2.45. The number of hydrogen-bond donors (Lipinski definition) is 1. The Morgan fingerprint density at radius 2 is 1.18 bits per heavy atom. The standard InChI is InChI=1S/C62H59N12O3/c1-65-51-21-24-54-59-62(51)77-74-32-26-45-16-14-42-7-2-8-46-10-4-30-70(38-46)75-60-49(36-63)19-22-52-57(60)66-39-67(52)27-6-12-48-33-43(17-18-47(48)11-5-29-69(54)41-72(59)56(74)35-45)9-3-28-68-40-71-55-34-44(15-13-42)25-31-73(55)76-61-50(37-64)20-23-53(68)58(61)71/h4,10,17-26,30-35,38,42,66H,2-3,5-9,11-16,27-29,39-41H2/q+3. The number of aryl methyl sites for hydroxylation is 6. The minimum absolute atomic E-state index is 0.426. The molecule has 382 valence electrons. The lowest BCUT2D eigenvalue weighted by Gasteiger charge is -2.23. The fourth-order valence-electron chi connectivity index (χ4n) is 12.9. The van der Waals surface area contributed by atoms with Crippen molar-refractivity contribution in [2.24, 2.45) is 5.92 Å². The summed E-state index contributed by atoms with van der Waals surface area (Å²) in [7, 11) is 0. The summed E-state index contributed by atoms with van der Waals surface area (Å²) in [5.41, 5.74) is 15.4. The van der Waals surface area contributed by atoms with Gasteiger partial charge in [0.2, 0.25) is 41.0 Å². The molecule has 15 rings (SSSR count). The Labute approximate surface area is 448 Å². The lowest BCUT2D eigenvalue weighted by atomic mass is 9.88. The van der Waals surface area contributed by atoms with Crippen LogP contribution in [0.3, 0.4) is 0 Å². The minimum Gasteiger partial charge on any atom is -0.363 e. The van der Waals surface area contributed by atoms with Gasteiger partial charge in [0.05, 0.1) is 30.3 Å². The molecule has 0 fully saturated rings. The average Bonchev–Trinajstić information content (AvgIpc) is 4.23. The van der Waals surface area contributed by atoms with Crippen LogP contribution in [0.4, 0.5) is 51.4 Å². The van der Waals surface area contributed by atoms with E-state index < -0.39 is 0 Å². The van der Waals surface area contributed by atoms with Crippen LogP contribution in [0.25, 0.3) is 4.85 Å². The molecule has 0 spiro atoms. The van der Waals surface area contributed by atoms with E-state index in [2.05, 4.69) is 120 Å². The Bertz CT molecular complexity index is 3670. The summed E-state index contributed by atoms with van der Waals surface area (Å²) in [6, 6.07) is 37.1. The molecule has 3 aromatic heterocycles. The molecule has 7 aromatic rings. The summed E-state index contributed by atoms with van der Waals surface area (Å²) >= 11 is 0. The number of hydrogen-bond acceptors (Lipinski definition) is 11. The van der Waals surface area contributed by atoms with Crippen LogP contribution in [0.1, 0.15) is 89.5 Å². The predicted octanol–water partition coefficient (Wildman–Crippen LogP) is 9.75. The summed E-state index contributed by atoms with van der Waals surface area (Å²) in [6.07, 6.45) is 20.5. The molecule has 1 N–H and O–H groups in total. The molecular weight excluding hydrogens is 961 g/mol. The molecule has 0 saturated carbocycles. The van der Waals surface area contributed by atoms with E-state index in [1.807, 2.05) is 52.3 Å². The second kappa shape index (κ2) is 19.3. The summed E-state index contributed by atoms with van der Waals surface area (Å²) < 4.78 is 5.45. The van der Waals surface area contributed by atoms with Crippen molar-refractivity contribution in [2.75, 3.05) is 69.5 Å². The van der Waals surface area contributed by atoms with Crippen LogP contribution in [-0.2, 0) is 38.5 Å². The van der Waals surface area contributed by atoms with E-state index in [0.29, 0.717) is 60.0 Å². The van der Waals surface area contributed by atoms with Gasteiger partial charge in [-0.15, -0.1) is 0 Å². The minimum atomic E-state index is 0.426. The van der Waals surface area contributed by atoms with E-state index in [-0.39, 0.29) is 0 Å². The van der Waals surface area contributed by atoms with Gasteiger partial charge in [-0.05, 0) is 169 Å². The van der Waals surface area contributed by atoms with Crippen LogP contribution < -0.4 is 58.5 Å². The molecular formula is C62H59N12O3+3. The first kappa shape index (κ1) is 46.5. The summed E-state index contributed by atoms with van der Waals surface area (Å²) in [5.74, 6) is 4.17. The van der Waals surface area contributed by atoms with Crippen molar-refractivity contribution >= 4 is 51.4 Å². The number of anilines is 8. The lowest BCUT2D eigenvalue weighted by molar-refractivity contribution is -0.875. The molecule has 15 heteroatoms. The van der Waals surface area contributed by atoms with Crippen molar-refractivity contribution < 1.29 is 28.7 Å². The van der Waals surface area contributed by atoms with Crippen LogP contribution in [0.5, 0.6) is 17.2 Å². The molecule has 8 aliphatic heterocycles. The topological polar surface area (TPSA) is 119 Å². The number of rotatable bonds is 0. The Morgan fingerprint density at radius 1 is 0.558 bits per heavy atom. The zero-order chi connectivity index (χ0) is 51.6. The predicted molar refractivity (Wildman–Crippen MR) is 292 cm³/mol. The van der Waals surface area contributed by atoms with Crippen LogP contribution in [0, 0.1) is 35.2 Å². The van der Waals surface area contributed by atoms with Crippen LogP contribution >= 0.6 is 0 Å². The molecule has 15 nitrogen and oxygen atoms in total. The van der Waals surface area contributed by atoms with Gasteiger partial charge in [0.1, 0.15) is 41.3 Å². The average molecular weight is 1020 g/mol. The maximum Gasteiger partial charge on any atom is 0.323 e.